The van der Waals surface area contributed by atoms with Crippen LogP contribution in [0.2, 0.25) is 0 Å². The van der Waals surface area contributed by atoms with Crippen LogP contribution in [0.5, 0.6) is 5.75 Å². The van der Waals surface area contributed by atoms with E-state index in [0.717, 1.165) is 50.7 Å². The van der Waals surface area contributed by atoms with Gasteiger partial charge in [-0.3, -0.25) is 0 Å². The average Bonchev–Trinajstić information content (AvgIpc) is 3.15. The van der Waals surface area contributed by atoms with E-state index in [1.165, 1.54) is 10.5 Å². The molecule has 0 bridgehead atoms. The van der Waals surface area contributed by atoms with Gasteiger partial charge in [-0.2, -0.15) is 0 Å². The number of methoxy groups -OCH3 is 1. The maximum Gasteiger partial charge on any atom is 0.171 e. The van der Waals surface area contributed by atoms with Gasteiger partial charge in [-0.15, -0.1) is 11.8 Å². The average molecular weight is 515 g/mol. The standard InChI is InChI=1S/C30H42O5S/c1-26(2)16-34-29(35-17-26)11-12-30-25-20(9-10-28(30,32)15-29)22-7-8-24(31)27(22,3)14-21(25)19-6-5-18(33-4)13-23(19)36-30/h5-6,13,20-22,24-25,31-32H,7-12,14-17H2,1-4H3/t20-,21+,22-,24-,25?,27-,28+,30-/m0/s1. The number of benzene rings is 1. The van der Waals surface area contributed by atoms with Gasteiger partial charge in [0.05, 0.1) is 36.8 Å². The molecule has 8 atom stereocenters. The zero-order chi connectivity index (χ0) is 25.1. The van der Waals surface area contributed by atoms with Crippen LogP contribution in [-0.2, 0) is 9.47 Å². The Balaban J connectivity index is 1.34. The molecule has 2 aliphatic heterocycles. The topological polar surface area (TPSA) is 68.2 Å². The van der Waals surface area contributed by atoms with E-state index < -0.39 is 11.4 Å². The van der Waals surface area contributed by atoms with Gasteiger partial charge in [0.2, 0.25) is 0 Å². The van der Waals surface area contributed by atoms with Crippen molar-refractivity contribution in [3.05, 3.63) is 23.8 Å². The van der Waals surface area contributed by atoms with Gasteiger partial charge in [-0.05, 0) is 85.3 Å². The van der Waals surface area contributed by atoms with Gasteiger partial charge in [0.1, 0.15) is 5.75 Å². The van der Waals surface area contributed by atoms with Gasteiger partial charge in [0, 0.05) is 23.2 Å². The summed E-state index contributed by atoms with van der Waals surface area (Å²) in [6.07, 6.45) is 6.91. The first-order valence-electron chi connectivity index (χ1n) is 14.1. The minimum atomic E-state index is -0.845. The van der Waals surface area contributed by atoms with Crippen LogP contribution in [0.3, 0.4) is 0 Å². The molecule has 0 radical (unpaired) electrons. The van der Waals surface area contributed by atoms with Gasteiger partial charge < -0.3 is 24.4 Å². The van der Waals surface area contributed by atoms with Crippen LogP contribution in [-0.4, -0.2) is 52.8 Å². The molecule has 4 saturated carbocycles. The van der Waals surface area contributed by atoms with Gasteiger partial charge >= 0.3 is 0 Å². The molecule has 4 aliphatic carbocycles. The number of fused-ring (bicyclic) bond motifs is 4. The Morgan fingerprint density at radius 2 is 1.81 bits per heavy atom. The molecule has 1 unspecified atom stereocenters. The number of thioether (sulfide) groups is 1. The van der Waals surface area contributed by atoms with Crippen LogP contribution >= 0.6 is 11.8 Å². The minimum Gasteiger partial charge on any atom is -0.497 e. The molecule has 2 spiro atoms. The second-order valence-corrected chi connectivity index (χ2v) is 15.4. The summed E-state index contributed by atoms with van der Waals surface area (Å²) in [6, 6.07) is 6.56. The zero-order valence-electron chi connectivity index (χ0n) is 22.2. The third kappa shape index (κ3) is 3.11. The summed E-state index contributed by atoms with van der Waals surface area (Å²) in [5, 5.41) is 23.9. The number of hydrogen-bond donors (Lipinski definition) is 2. The van der Waals surface area contributed by atoms with Crippen molar-refractivity contribution in [3.8, 4) is 5.75 Å². The van der Waals surface area contributed by atoms with E-state index in [-0.39, 0.29) is 21.7 Å². The van der Waals surface area contributed by atoms with Crippen molar-refractivity contribution in [2.75, 3.05) is 20.3 Å². The summed E-state index contributed by atoms with van der Waals surface area (Å²) in [5.41, 5.74) is 0.524. The van der Waals surface area contributed by atoms with Crippen LogP contribution in [0.4, 0.5) is 0 Å². The normalized spacial score (nSPS) is 47.9. The Hall–Kier alpha value is -0.790. The summed E-state index contributed by atoms with van der Waals surface area (Å²) in [5.74, 6) is 2.03. The van der Waals surface area contributed by atoms with E-state index in [0.29, 0.717) is 43.3 Å². The predicted molar refractivity (Wildman–Crippen MR) is 139 cm³/mol. The predicted octanol–water partition coefficient (Wildman–Crippen LogP) is 5.51. The molecule has 0 aromatic heterocycles. The lowest BCUT2D eigenvalue weighted by molar-refractivity contribution is -0.338. The molecule has 2 heterocycles. The maximum atomic E-state index is 12.7. The number of ether oxygens (including phenoxy) is 3. The summed E-state index contributed by atoms with van der Waals surface area (Å²) in [7, 11) is 1.73. The molecule has 0 amide bonds. The van der Waals surface area contributed by atoms with E-state index in [1.54, 1.807) is 7.11 Å². The number of aliphatic hydroxyl groups is 2. The molecular weight excluding hydrogens is 472 g/mol. The number of rotatable bonds is 1. The van der Waals surface area contributed by atoms with Crippen LogP contribution < -0.4 is 4.74 Å². The lowest BCUT2D eigenvalue weighted by atomic mass is 9.44. The minimum absolute atomic E-state index is 0.0119. The largest absolute Gasteiger partial charge is 0.497 e. The van der Waals surface area contributed by atoms with Crippen LogP contribution in [0.1, 0.15) is 83.6 Å². The highest BCUT2D eigenvalue weighted by atomic mass is 32.2. The molecule has 2 N–H and O–H groups in total. The molecule has 6 heteroatoms. The lowest BCUT2D eigenvalue weighted by Crippen LogP contribution is -2.72. The Labute approximate surface area is 219 Å². The number of aliphatic hydroxyl groups excluding tert-OH is 1. The molecule has 1 aromatic carbocycles. The zero-order valence-corrected chi connectivity index (χ0v) is 23.0. The molecule has 5 fully saturated rings. The van der Waals surface area contributed by atoms with Crippen molar-refractivity contribution in [1.82, 2.24) is 0 Å². The molecular formula is C30H42O5S. The lowest BCUT2D eigenvalue weighted by Gasteiger charge is -2.69. The van der Waals surface area contributed by atoms with Crippen molar-refractivity contribution in [2.24, 2.45) is 28.6 Å². The first-order valence-corrected chi connectivity index (χ1v) is 14.9. The number of hydrogen-bond acceptors (Lipinski definition) is 6. The monoisotopic (exact) mass is 514 g/mol. The Morgan fingerprint density at radius 1 is 1.03 bits per heavy atom. The SMILES string of the molecule is COc1ccc2c(c1)S[C@]13CCC4(C[C@]1(O)CC[C@@H]1C3[C@@H]2C[C@]2(C)[C@@H](O)CC[C@@H]12)OCC(C)(C)CO4. The van der Waals surface area contributed by atoms with Crippen molar-refractivity contribution in [3.63, 3.8) is 0 Å². The van der Waals surface area contributed by atoms with E-state index in [9.17, 15) is 10.2 Å². The highest BCUT2D eigenvalue weighted by molar-refractivity contribution is 8.01. The van der Waals surface area contributed by atoms with Gasteiger partial charge in [-0.1, -0.05) is 26.8 Å². The Kier molecular flexibility index (Phi) is 5.16. The molecule has 5 nitrogen and oxygen atoms in total. The molecule has 36 heavy (non-hydrogen) atoms. The highest BCUT2D eigenvalue weighted by Gasteiger charge is 2.72. The first-order chi connectivity index (χ1) is 17.0. The van der Waals surface area contributed by atoms with E-state index in [2.05, 4.69) is 39.0 Å². The van der Waals surface area contributed by atoms with Crippen LogP contribution in [0.15, 0.2) is 23.1 Å². The first kappa shape index (κ1) is 24.3. The third-order valence-corrected chi connectivity index (χ3v) is 13.2. The quantitative estimate of drug-likeness (QED) is 0.515. The van der Waals surface area contributed by atoms with Crippen LogP contribution in [0.25, 0.3) is 0 Å². The van der Waals surface area contributed by atoms with Gasteiger partial charge in [0.15, 0.2) is 5.79 Å². The highest BCUT2D eigenvalue weighted by Crippen LogP contribution is 2.75. The van der Waals surface area contributed by atoms with Gasteiger partial charge in [-0.25, -0.2) is 0 Å². The fourth-order valence-corrected chi connectivity index (χ4v) is 11.6. The summed E-state index contributed by atoms with van der Waals surface area (Å²) in [4.78, 5) is 1.26. The smallest absolute Gasteiger partial charge is 0.171 e. The Morgan fingerprint density at radius 3 is 2.56 bits per heavy atom. The third-order valence-electron chi connectivity index (χ3n) is 11.5. The van der Waals surface area contributed by atoms with E-state index in [4.69, 9.17) is 14.2 Å². The second-order valence-electron chi connectivity index (χ2n) is 14.0. The second kappa shape index (κ2) is 7.65. The Bertz CT molecular complexity index is 1060. The van der Waals surface area contributed by atoms with Crippen LogP contribution in [0, 0.1) is 28.6 Å². The maximum absolute atomic E-state index is 12.7. The summed E-state index contributed by atoms with van der Waals surface area (Å²) >= 11 is 1.93. The summed E-state index contributed by atoms with van der Waals surface area (Å²) in [6.45, 7) is 8.08. The molecule has 7 rings (SSSR count). The van der Waals surface area contributed by atoms with Crippen molar-refractivity contribution in [1.29, 1.82) is 0 Å². The van der Waals surface area contributed by atoms with Crippen molar-refractivity contribution in [2.45, 2.75) is 105 Å². The van der Waals surface area contributed by atoms with E-state index >= 15 is 0 Å². The molecule has 1 saturated heterocycles. The molecule has 1 aromatic rings. The van der Waals surface area contributed by atoms with Crippen molar-refractivity contribution >= 4 is 11.8 Å². The molecule has 6 aliphatic rings. The fourth-order valence-electron chi connectivity index (χ4n) is 9.64. The van der Waals surface area contributed by atoms with E-state index in [1.807, 2.05) is 11.8 Å². The summed E-state index contributed by atoms with van der Waals surface area (Å²) < 4.78 is 18.3. The fraction of sp³-hybridized carbons (Fsp3) is 0.800. The van der Waals surface area contributed by atoms with Gasteiger partial charge in [0.25, 0.3) is 0 Å². The molecule has 198 valence electrons. The van der Waals surface area contributed by atoms with Crippen molar-refractivity contribution < 1.29 is 24.4 Å².